The molecule has 4 heteroatoms. The van der Waals surface area contributed by atoms with Crippen LogP contribution in [-0.2, 0) is 20.9 Å². The topological polar surface area (TPSA) is 63.6 Å². The number of rotatable bonds is 7. The standard InChI is InChI=1S/C14H18O4/c1-11(14(16)17)6-5-9-13(15)18-10-12-7-3-2-4-8-12/h2-4,7-8,11H,5-6,9-10H2,1H3,(H,16,17)/t11-/m0/s1. The van der Waals surface area contributed by atoms with Gasteiger partial charge in [-0.25, -0.2) is 0 Å². The largest absolute Gasteiger partial charge is 0.481 e. The number of carboxylic acids is 1. The van der Waals surface area contributed by atoms with E-state index in [0.29, 0.717) is 12.8 Å². The fourth-order valence-corrected chi connectivity index (χ4v) is 1.49. The van der Waals surface area contributed by atoms with Gasteiger partial charge in [-0.3, -0.25) is 9.59 Å². The summed E-state index contributed by atoms with van der Waals surface area (Å²) in [4.78, 5) is 22.0. The SMILES string of the molecule is C[C@@H](CCCC(=O)OCc1ccccc1)C(=O)O. The minimum atomic E-state index is -0.826. The van der Waals surface area contributed by atoms with E-state index in [1.54, 1.807) is 6.92 Å². The van der Waals surface area contributed by atoms with E-state index >= 15 is 0 Å². The van der Waals surface area contributed by atoms with Crippen molar-refractivity contribution >= 4 is 11.9 Å². The molecule has 0 bridgehead atoms. The predicted molar refractivity (Wildman–Crippen MR) is 66.9 cm³/mol. The molecule has 0 saturated heterocycles. The number of hydrogen-bond donors (Lipinski definition) is 1. The summed E-state index contributed by atoms with van der Waals surface area (Å²) in [6.45, 7) is 1.91. The molecule has 98 valence electrons. The van der Waals surface area contributed by atoms with Gasteiger partial charge in [-0.05, 0) is 18.4 Å². The minimum Gasteiger partial charge on any atom is -0.481 e. The lowest BCUT2D eigenvalue weighted by atomic mass is 10.0. The molecule has 0 heterocycles. The summed E-state index contributed by atoms with van der Waals surface area (Å²) >= 11 is 0. The zero-order valence-electron chi connectivity index (χ0n) is 10.5. The molecule has 1 N–H and O–H groups in total. The Labute approximate surface area is 107 Å². The molecule has 0 aliphatic rings. The van der Waals surface area contributed by atoms with Gasteiger partial charge in [-0.15, -0.1) is 0 Å². The molecule has 1 aromatic carbocycles. The highest BCUT2D eigenvalue weighted by Gasteiger charge is 2.11. The predicted octanol–water partition coefficient (Wildman–Crippen LogP) is 2.62. The quantitative estimate of drug-likeness (QED) is 0.755. The van der Waals surface area contributed by atoms with Crippen molar-refractivity contribution in [3.63, 3.8) is 0 Å². The fraction of sp³-hybridized carbons (Fsp3) is 0.429. The molecule has 0 saturated carbocycles. The zero-order chi connectivity index (χ0) is 13.4. The Bertz CT molecular complexity index is 386. The highest BCUT2D eigenvalue weighted by molar-refractivity contribution is 5.70. The first kappa shape index (κ1) is 14.2. The van der Waals surface area contributed by atoms with Crippen LogP contribution < -0.4 is 0 Å². The van der Waals surface area contributed by atoms with Crippen molar-refractivity contribution in [1.29, 1.82) is 0 Å². The van der Waals surface area contributed by atoms with Gasteiger partial charge >= 0.3 is 11.9 Å². The Hall–Kier alpha value is -1.84. The minimum absolute atomic E-state index is 0.268. The second-order valence-electron chi connectivity index (χ2n) is 4.28. The number of hydrogen-bond acceptors (Lipinski definition) is 3. The van der Waals surface area contributed by atoms with Crippen LogP contribution in [0.4, 0.5) is 0 Å². The van der Waals surface area contributed by atoms with E-state index in [1.165, 1.54) is 0 Å². The molecule has 4 nitrogen and oxygen atoms in total. The summed E-state index contributed by atoms with van der Waals surface area (Å²) in [6, 6.07) is 9.45. The highest BCUT2D eigenvalue weighted by atomic mass is 16.5. The zero-order valence-corrected chi connectivity index (χ0v) is 10.5. The van der Waals surface area contributed by atoms with E-state index in [-0.39, 0.29) is 19.0 Å². The number of aliphatic carboxylic acids is 1. The average molecular weight is 250 g/mol. The van der Waals surface area contributed by atoms with Crippen molar-refractivity contribution in [2.75, 3.05) is 0 Å². The molecule has 0 radical (unpaired) electrons. The van der Waals surface area contributed by atoms with E-state index in [2.05, 4.69) is 0 Å². The van der Waals surface area contributed by atoms with E-state index < -0.39 is 11.9 Å². The molecule has 1 aromatic rings. The Kier molecular flexibility index (Phi) is 5.91. The lowest BCUT2D eigenvalue weighted by molar-refractivity contribution is -0.146. The molecule has 0 spiro atoms. The number of benzene rings is 1. The molecule has 1 atom stereocenters. The Balaban J connectivity index is 2.17. The second-order valence-corrected chi connectivity index (χ2v) is 4.28. The molecule has 0 aliphatic heterocycles. The second kappa shape index (κ2) is 7.48. The van der Waals surface area contributed by atoms with E-state index in [1.807, 2.05) is 30.3 Å². The summed E-state index contributed by atoms with van der Waals surface area (Å²) < 4.78 is 5.08. The molecule has 0 fully saturated rings. The van der Waals surface area contributed by atoms with Crippen LogP contribution in [0.5, 0.6) is 0 Å². The van der Waals surface area contributed by atoms with Crippen LogP contribution in [-0.4, -0.2) is 17.0 Å². The van der Waals surface area contributed by atoms with Crippen molar-refractivity contribution in [3.8, 4) is 0 Å². The van der Waals surface area contributed by atoms with Gasteiger partial charge in [-0.1, -0.05) is 37.3 Å². The van der Waals surface area contributed by atoms with Gasteiger partial charge in [0.25, 0.3) is 0 Å². The maximum atomic E-state index is 11.4. The molecular formula is C14H18O4. The van der Waals surface area contributed by atoms with Crippen LogP contribution in [0.25, 0.3) is 0 Å². The lowest BCUT2D eigenvalue weighted by Gasteiger charge is -2.06. The summed E-state index contributed by atoms with van der Waals surface area (Å²) in [5, 5.41) is 8.68. The first-order chi connectivity index (χ1) is 8.59. The van der Waals surface area contributed by atoms with Crippen molar-refractivity contribution < 1.29 is 19.4 Å². The maximum Gasteiger partial charge on any atom is 0.306 e. The van der Waals surface area contributed by atoms with Crippen LogP contribution in [0.2, 0.25) is 0 Å². The smallest absolute Gasteiger partial charge is 0.306 e. The fourth-order valence-electron chi connectivity index (χ4n) is 1.49. The monoisotopic (exact) mass is 250 g/mol. The first-order valence-corrected chi connectivity index (χ1v) is 6.02. The third kappa shape index (κ3) is 5.48. The van der Waals surface area contributed by atoms with E-state index in [4.69, 9.17) is 9.84 Å². The third-order valence-corrected chi connectivity index (χ3v) is 2.68. The molecule has 0 amide bonds. The van der Waals surface area contributed by atoms with Gasteiger partial charge < -0.3 is 9.84 Å². The molecule has 0 aromatic heterocycles. The van der Waals surface area contributed by atoms with Gasteiger partial charge in [0, 0.05) is 6.42 Å². The van der Waals surface area contributed by atoms with Crippen molar-refractivity contribution in [1.82, 2.24) is 0 Å². The summed E-state index contributed by atoms with van der Waals surface area (Å²) in [6.07, 6.45) is 1.31. The van der Waals surface area contributed by atoms with Crippen LogP contribution in [0.1, 0.15) is 31.7 Å². The van der Waals surface area contributed by atoms with Crippen LogP contribution in [0.3, 0.4) is 0 Å². The van der Waals surface area contributed by atoms with Crippen LogP contribution >= 0.6 is 0 Å². The van der Waals surface area contributed by atoms with Gasteiger partial charge in [0.1, 0.15) is 6.61 Å². The van der Waals surface area contributed by atoms with Crippen molar-refractivity contribution in [2.24, 2.45) is 5.92 Å². The number of carboxylic acid groups (broad SMARTS) is 1. The van der Waals surface area contributed by atoms with Crippen molar-refractivity contribution in [2.45, 2.75) is 32.8 Å². The lowest BCUT2D eigenvalue weighted by Crippen LogP contribution is -2.10. The third-order valence-electron chi connectivity index (χ3n) is 2.68. The molecule has 0 aliphatic carbocycles. The number of ether oxygens (including phenoxy) is 1. The average Bonchev–Trinajstić information content (AvgIpc) is 2.37. The molecular weight excluding hydrogens is 232 g/mol. The van der Waals surface area contributed by atoms with E-state index in [9.17, 15) is 9.59 Å². The Morgan fingerprint density at radius 3 is 2.56 bits per heavy atom. The summed E-state index contributed by atoms with van der Waals surface area (Å²) in [5.41, 5.74) is 0.949. The van der Waals surface area contributed by atoms with E-state index in [0.717, 1.165) is 5.56 Å². The van der Waals surface area contributed by atoms with Gasteiger partial charge in [0.05, 0.1) is 5.92 Å². The van der Waals surface area contributed by atoms with Gasteiger partial charge in [0.15, 0.2) is 0 Å². The number of carbonyl (C=O) groups excluding carboxylic acids is 1. The van der Waals surface area contributed by atoms with Gasteiger partial charge in [0.2, 0.25) is 0 Å². The maximum absolute atomic E-state index is 11.4. The highest BCUT2D eigenvalue weighted by Crippen LogP contribution is 2.09. The van der Waals surface area contributed by atoms with Gasteiger partial charge in [-0.2, -0.15) is 0 Å². The molecule has 1 rings (SSSR count). The summed E-state index contributed by atoms with van der Waals surface area (Å²) in [5.74, 6) is -1.52. The normalized spacial score (nSPS) is 11.8. The molecule has 0 unspecified atom stereocenters. The van der Waals surface area contributed by atoms with Crippen molar-refractivity contribution in [3.05, 3.63) is 35.9 Å². The summed E-state index contributed by atoms with van der Waals surface area (Å²) in [7, 11) is 0. The van der Waals surface area contributed by atoms with Crippen LogP contribution in [0, 0.1) is 5.92 Å². The molecule has 18 heavy (non-hydrogen) atoms. The number of carbonyl (C=O) groups is 2. The Morgan fingerprint density at radius 1 is 1.28 bits per heavy atom. The van der Waals surface area contributed by atoms with Crippen LogP contribution in [0.15, 0.2) is 30.3 Å². The Morgan fingerprint density at radius 2 is 1.94 bits per heavy atom. The first-order valence-electron chi connectivity index (χ1n) is 6.02. The number of esters is 1.